The summed E-state index contributed by atoms with van der Waals surface area (Å²) in [6.45, 7) is 1.24. The molecule has 0 bridgehead atoms. The van der Waals surface area contributed by atoms with Gasteiger partial charge in [-0.3, -0.25) is 0 Å². The molecule has 5 heteroatoms. The lowest BCUT2D eigenvalue weighted by Crippen LogP contribution is -2.36. The molecule has 1 saturated heterocycles. The molecular weight excluding hydrogens is 314 g/mol. The van der Waals surface area contributed by atoms with Crippen molar-refractivity contribution in [2.45, 2.75) is 39.1 Å². The predicted molar refractivity (Wildman–Crippen MR) is 101 cm³/mol. The third-order valence-electron chi connectivity index (χ3n) is 4.88. The van der Waals surface area contributed by atoms with Crippen molar-refractivity contribution in [2.24, 2.45) is 0 Å². The van der Waals surface area contributed by atoms with E-state index < -0.39 is 13.4 Å². The van der Waals surface area contributed by atoms with E-state index in [0.29, 0.717) is 12.5 Å². The van der Waals surface area contributed by atoms with Crippen LogP contribution in [0.1, 0.15) is 45.2 Å². The van der Waals surface area contributed by atoms with E-state index in [1.807, 2.05) is 31.2 Å². The van der Waals surface area contributed by atoms with E-state index >= 15 is 0 Å². The van der Waals surface area contributed by atoms with Crippen molar-refractivity contribution in [2.75, 3.05) is 46.0 Å². The predicted octanol–water partition coefficient (Wildman–Crippen LogP) is 3.29. The van der Waals surface area contributed by atoms with Gasteiger partial charge in [-0.25, -0.2) is 4.98 Å². The zero-order valence-corrected chi connectivity index (χ0v) is 14.9. The lowest BCUT2D eigenvalue weighted by molar-refractivity contribution is 0.101. The van der Waals surface area contributed by atoms with Crippen LogP contribution < -0.4 is 0 Å². The van der Waals surface area contributed by atoms with Gasteiger partial charge in [-0.1, -0.05) is 12.1 Å². The van der Waals surface area contributed by atoms with E-state index in [-0.39, 0.29) is 6.61 Å². The molecule has 0 atom stereocenters. The summed E-state index contributed by atoms with van der Waals surface area (Å²) in [5.41, 5.74) is 1.86. The van der Waals surface area contributed by atoms with Crippen LogP contribution in [0.4, 0.5) is 0 Å². The van der Waals surface area contributed by atoms with Gasteiger partial charge >= 0.3 is 0 Å². The first-order chi connectivity index (χ1) is 14.2. The number of piperidine rings is 1. The Morgan fingerprint density at radius 1 is 1.20 bits per heavy atom. The van der Waals surface area contributed by atoms with Gasteiger partial charge in [-0.05, 0) is 51.8 Å². The van der Waals surface area contributed by atoms with E-state index in [4.69, 9.17) is 21.3 Å². The molecule has 0 aliphatic carbocycles. The second-order valence-corrected chi connectivity index (χ2v) is 6.37. The van der Waals surface area contributed by atoms with Crippen LogP contribution in [0.3, 0.4) is 0 Å². The third kappa shape index (κ3) is 4.60. The van der Waals surface area contributed by atoms with Crippen LogP contribution in [0, 0.1) is 0 Å². The Morgan fingerprint density at radius 2 is 2.00 bits per heavy atom. The molecule has 25 heavy (non-hydrogen) atoms. The summed E-state index contributed by atoms with van der Waals surface area (Å²) in [6.07, 6.45) is 1.98. The van der Waals surface area contributed by atoms with Gasteiger partial charge in [0.25, 0.3) is 0 Å². The van der Waals surface area contributed by atoms with Crippen molar-refractivity contribution in [1.82, 2.24) is 14.5 Å². The number of likely N-dealkylation sites (tertiary alicyclic amines) is 1. The van der Waals surface area contributed by atoms with Crippen molar-refractivity contribution >= 4 is 11.0 Å². The highest BCUT2D eigenvalue weighted by Crippen LogP contribution is 2.30. The second-order valence-electron chi connectivity index (χ2n) is 6.37. The highest BCUT2D eigenvalue weighted by molar-refractivity contribution is 5.76. The molecule has 1 aromatic heterocycles. The third-order valence-corrected chi connectivity index (χ3v) is 4.88. The largest absolute Gasteiger partial charge is 0.380 e. The van der Waals surface area contributed by atoms with E-state index in [1.54, 1.807) is 0 Å². The number of rotatable bonds is 9. The topological polar surface area (TPSA) is 39.5 Å². The molecule has 0 unspecified atom stereocenters. The molecule has 138 valence electrons. The Balaban J connectivity index is 1.70. The zero-order valence-electron chi connectivity index (χ0n) is 19.9. The molecular formula is C20H31N3O2. The van der Waals surface area contributed by atoms with Crippen LogP contribution in [-0.4, -0.2) is 60.5 Å². The Labute approximate surface area is 158 Å². The number of imidazole rings is 1. The molecule has 2 aromatic rings. The van der Waals surface area contributed by atoms with Crippen molar-refractivity contribution in [3.63, 3.8) is 0 Å². The van der Waals surface area contributed by atoms with Crippen LogP contribution in [0.2, 0.25) is 0 Å². The number of nitrogens with zero attached hydrogens (tertiary/aromatic N) is 3. The van der Waals surface area contributed by atoms with Gasteiger partial charge in [-0.15, -0.1) is 0 Å². The van der Waals surface area contributed by atoms with E-state index in [0.717, 1.165) is 62.5 Å². The molecule has 1 aliphatic heterocycles. The second kappa shape index (κ2) is 9.32. The summed E-state index contributed by atoms with van der Waals surface area (Å²) >= 11 is 0. The molecule has 0 saturated carbocycles. The van der Waals surface area contributed by atoms with Gasteiger partial charge in [0, 0.05) is 36.3 Å². The number of aromatic nitrogens is 2. The van der Waals surface area contributed by atoms with Crippen molar-refractivity contribution < 1.29 is 16.3 Å². The van der Waals surface area contributed by atoms with Crippen LogP contribution in [0.15, 0.2) is 24.3 Å². The SMILES string of the molecule is [2H]C([2H])([2H])C([2H])([2H])OCCn1c(C2CCN(CCOCC)CC2)nc2ccccc21. The molecule has 0 amide bonds. The van der Waals surface area contributed by atoms with Crippen molar-refractivity contribution in [1.29, 1.82) is 0 Å². The Morgan fingerprint density at radius 3 is 2.80 bits per heavy atom. The van der Waals surface area contributed by atoms with E-state index in [1.165, 1.54) is 0 Å². The maximum atomic E-state index is 7.65. The normalized spacial score (nSPS) is 20.8. The summed E-state index contributed by atoms with van der Waals surface area (Å²) in [5, 5.41) is 0. The summed E-state index contributed by atoms with van der Waals surface area (Å²) < 4.78 is 49.9. The quantitative estimate of drug-likeness (QED) is 0.651. The minimum Gasteiger partial charge on any atom is -0.380 e. The highest BCUT2D eigenvalue weighted by atomic mass is 16.5. The summed E-state index contributed by atoms with van der Waals surface area (Å²) in [6, 6.07) is 7.85. The summed E-state index contributed by atoms with van der Waals surface area (Å²) in [4.78, 5) is 7.27. The Hall–Kier alpha value is -1.43. The average molecular weight is 351 g/mol. The fraction of sp³-hybridized carbons (Fsp3) is 0.650. The number of fused-ring (bicyclic) bond motifs is 1. The smallest absolute Gasteiger partial charge is 0.113 e. The maximum absolute atomic E-state index is 7.65. The Kier molecular flexibility index (Phi) is 4.79. The molecule has 3 rings (SSSR count). The first-order valence-corrected chi connectivity index (χ1v) is 9.12. The lowest BCUT2D eigenvalue weighted by Gasteiger charge is -2.31. The van der Waals surface area contributed by atoms with E-state index in [9.17, 15) is 0 Å². The van der Waals surface area contributed by atoms with Crippen molar-refractivity contribution in [3.8, 4) is 0 Å². The monoisotopic (exact) mass is 350 g/mol. The van der Waals surface area contributed by atoms with Gasteiger partial charge in [0.05, 0.1) is 27.0 Å². The standard InChI is InChI=1S/C20H31N3O2/c1-3-24-15-13-22-11-9-17(10-12-22)20-21-18-7-5-6-8-19(18)23(20)14-16-25-4-2/h5-8,17H,3-4,9-16H2,1-2H3/i2D3,4D2. The molecule has 5 nitrogen and oxygen atoms in total. The van der Waals surface area contributed by atoms with Gasteiger partial charge in [0.15, 0.2) is 0 Å². The number of hydrogen-bond acceptors (Lipinski definition) is 4. The summed E-state index contributed by atoms with van der Waals surface area (Å²) in [7, 11) is 0. The van der Waals surface area contributed by atoms with Crippen LogP contribution in [0.5, 0.6) is 0 Å². The lowest BCUT2D eigenvalue weighted by atomic mass is 9.96. The van der Waals surface area contributed by atoms with Crippen LogP contribution >= 0.6 is 0 Å². The fourth-order valence-electron chi connectivity index (χ4n) is 3.58. The number of hydrogen-bond donors (Lipinski definition) is 0. The first kappa shape index (κ1) is 12.8. The van der Waals surface area contributed by atoms with Crippen molar-refractivity contribution in [3.05, 3.63) is 30.1 Å². The minimum atomic E-state index is -2.82. The van der Waals surface area contributed by atoms with E-state index in [2.05, 4.69) is 9.47 Å². The maximum Gasteiger partial charge on any atom is 0.113 e. The fourth-order valence-corrected chi connectivity index (χ4v) is 3.58. The Bertz CT molecular complexity index is 816. The molecule has 1 aliphatic rings. The number of ether oxygens (including phenoxy) is 2. The molecule has 0 N–H and O–H groups in total. The molecule has 1 fully saturated rings. The minimum absolute atomic E-state index is 0.0358. The number of para-hydroxylation sites is 2. The first-order valence-electron chi connectivity index (χ1n) is 11.6. The highest BCUT2D eigenvalue weighted by Gasteiger charge is 2.25. The molecule has 0 radical (unpaired) electrons. The average Bonchev–Trinajstić information content (AvgIpc) is 3.06. The molecule has 0 spiro atoms. The molecule has 1 aromatic carbocycles. The summed E-state index contributed by atoms with van der Waals surface area (Å²) in [5.74, 6) is 1.28. The molecule has 2 heterocycles. The van der Waals surface area contributed by atoms with Crippen LogP contribution in [0.25, 0.3) is 11.0 Å². The van der Waals surface area contributed by atoms with Gasteiger partial charge < -0.3 is 18.9 Å². The van der Waals surface area contributed by atoms with Gasteiger partial charge in [0.1, 0.15) is 5.82 Å². The van der Waals surface area contributed by atoms with Gasteiger partial charge in [0.2, 0.25) is 0 Å². The van der Waals surface area contributed by atoms with Crippen LogP contribution in [-0.2, 0) is 16.0 Å². The van der Waals surface area contributed by atoms with Gasteiger partial charge in [-0.2, -0.15) is 0 Å². The zero-order chi connectivity index (χ0) is 21.8. The number of benzene rings is 1.